The molecule has 29 heavy (non-hydrogen) atoms. The lowest BCUT2D eigenvalue weighted by atomic mass is 9.87. The predicted octanol–water partition coefficient (Wildman–Crippen LogP) is 5.16. The van der Waals surface area contributed by atoms with Crippen LogP contribution in [-0.2, 0) is 10.2 Å². The number of para-hydroxylation sites is 2. The summed E-state index contributed by atoms with van der Waals surface area (Å²) in [5.41, 5.74) is 2.79. The van der Waals surface area contributed by atoms with E-state index in [1.165, 1.54) is 17.3 Å². The van der Waals surface area contributed by atoms with E-state index in [1.54, 1.807) is 26.2 Å². The maximum Gasteiger partial charge on any atom is 0.277 e. The Hall–Kier alpha value is -2.80. The van der Waals surface area contributed by atoms with Crippen LogP contribution in [0.4, 0.5) is 5.69 Å². The highest BCUT2D eigenvalue weighted by molar-refractivity contribution is 8.00. The Morgan fingerprint density at radius 2 is 1.79 bits per heavy atom. The van der Waals surface area contributed by atoms with E-state index in [4.69, 9.17) is 9.15 Å². The molecular formula is C22H25N3O3S. The molecule has 0 aliphatic heterocycles. The minimum Gasteiger partial charge on any atom is -0.495 e. The molecule has 1 N–H and O–H groups in total. The Morgan fingerprint density at radius 1 is 1.10 bits per heavy atom. The number of ether oxygens (including phenoxy) is 1. The van der Waals surface area contributed by atoms with Crippen LogP contribution in [0.5, 0.6) is 5.75 Å². The average molecular weight is 412 g/mol. The summed E-state index contributed by atoms with van der Waals surface area (Å²) in [5, 5.41) is 11.0. The zero-order valence-corrected chi connectivity index (χ0v) is 18.0. The molecule has 2 aromatic carbocycles. The van der Waals surface area contributed by atoms with Gasteiger partial charge in [-0.15, -0.1) is 10.2 Å². The van der Waals surface area contributed by atoms with Crippen LogP contribution in [0, 0.1) is 0 Å². The van der Waals surface area contributed by atoms with Gasteiger partial charge < -0.3 is 14.5 Å². The van der Waals surface area contributed by atoms with Gasteiger partial charge in [-0.1, -0.05) is 56.8 Å². The number of nitrogens with one attached hydrogen (secondary N) is 1. The Labute approximate surface area is 175 Å². The second-order valence-corrected chi connectivity index (χ2v) is 8.94. The Balaban J connectivity index is 1.65. The first-order chi connectivity index (χ1) is 13.8. The van der Waals surface area contributed by atoms with Gasteiger partial charge >= 0.3 is 0 Å². The highest BCUT2D eigenvalue weighted by Gasteiger charge is 2.20. The van der Waals surface area contributed by atoms with Crippen molar-refractivity contribution in [2.45, 2.75) is 43.6 Å². The van der Waals surface area contributed by atoms with E-state index in [2.05, 4.69) is 48.4 Å². The van der Waals surface area contributed by atoms with E-state index < -0.39 is 5.25 Å². The lowest BCUT2D eigenvalue weighted by Gasteiger charge is -2.18. The number of methoxy groups -OCH3 is 1. The number of aromatic nitrogens is 2. The average Bonchev–Trinajstić information content (AvgIpc) is 3.16. The quantitative estimate of drug-likeness (QED) is 0.565. The molecule has 0 spiro atoms. The molecule has 0 unspecified atom stereocenters. The summed E-state index contributed by atoms with van der Waals surface area (Å²) < 4.78 is 11.0. The van der Waals surface area contributed by atoms with Crippen LogP contribution < -0.4 is 10.1 Å². The molecule has 152 valence electrons. The van der Waals surface area contributed by atoms with E-state index in [0.29, 0.717) is 22.6 Å². The molecule has 1 amide bonds. The minimum atomic E-state index is -0.420. The second kappa shape index (κ2) is 8.69. The van der Waals surface area contributed by atoms with Crippen LogP contribution >= 0.6 is 11.8 Å². The van der Waals surface area contributed by atoms with E-state index in [0.717, 1.165) is 5.56 Å². The smallest absolute Gasteiger partial charge is 0.277 e. The summed E-state index contributed by atoms with van der Waals surface area (Å²) in [6.07, 6.45) is 0. The Morgan fingerprint density at radius 3 is 2.45 bits per heavy atom. The van der Waals surface area contributed by atoms with Gasteiger partial charge in [-0.25, -0.2) is 0 Å². The van der Waals surface area contributed by atoms with Gasteiger partial charge in [0.25, 0.3) is 5.22 Å². The second-order valence-electron chi connectivity index (χ2n) is 7.65. The number of rotatable bonds is 6. The van der Waals surface area contributed by atoms with Crippen molar-refractivity contribution in [2.24, 2.45) is 0 Å². The molecule has 0 saturated heterocycles. The number of nitrogens with zero attached hydrogens (tertiary/aromatic N) is 2. The van der Waals surface area contributed by atoms with Gasteiger partial charge in [-0.05, 0) is 42.2 Å². The summed E-state index contributed by atoms with van der Waals surface area (Å²) in [7, 11) is 1.57. The fourth-order valence-electron chi connectivity index (χ4n) is 2.67. The van der Waals surface area contributed by atoms with Gasteiger partial charge in [0, 0.05) is 5.56 Å². The number of amides is 1. The first kappa shape index (κ1) is 20.9. The monoisotopic (exact) mass is 411 g/mol. The molecule has 1 aromatic heterocycles. The molecular weight excluding hydrogens is 386 g/mol. The molecule has 7 heteroatoms. The third-order valence-corrected chi connectivity index (χ3v) is 5.35. The molecule has 0 fully saturated rings. The van der Waals surface area contributed by atoms with Gasteiger partial charge in [0.15, 0.2) is 0 Å². The molecule has 1 heterocycles. The molecule has 1 atom stereocenters. The van der Waals surface area contributed by atoms with Crippen LogP contribution in [0.3, 0.4) is 0 Å². The summed E-state index contributed by atoms with van der Waals surface area (Å²) in [6, 6.07) is 15.3. The summed E-state index contributed by atoms with van der Waals surface area (Å²) >= 11 is 1.21. The fourth-order valence-corrected chi connectivity index (χ4v) is 3.36. The maximum absolute atomic E-state index is 12.5. The summed E-state index contributed by atoms with van der Waals surface area (Å²) in [4.78, 5) is 12.5. The Bertz CT molecular complexity index is 977. The molecule has 3 rings (SSSR count). The van der Waals surface area contributed by atoms with E-state index in [9.17, 15) is 4.79 Å². The molecule has 0 aliphatic carbocycles. The van der Waals surface area contributed by atoms with Gasteiger partial charge in [0.2, 0.25) is 11.8 Å². The van der Waals surface area contributed by atoms with E-state index >= 15 is 0 Å². The normalized spacial score (nSPS) is 12.4. The third-order valence-electron chi connectivity index (χ3n) is 4.42. The van der Waals surface area contributed by atoms with Crippen molar-refractivity contribution in [1.82, 2.24) is 10.2 Å². The van der Waals surface area contributed by atoms with Crippen molar-refractivity contribution >= 4 is 23.4 Å². The van der Waals surface area contributed by atoms with Crippen LogP contribution in [0.25, 0.3) is 11.5 Å². The van der Waals surface area contributed by atoms with Crippen molar-refractivity contribution in [1.29, 1.82) is 0 Å². The fraction of sp³-hybridized carbons (Fsp3) is 0.318. The topological polar surface area (TPSA) is 77.2 Å². The first-order valence-corrected chi connectivity index (χ1v) is 10.2. The number of hydrogen-bond acceptors (Lipinski definition) is 6. The number of benzene rings is 2. The number of thioether (sulfide) groups is 1. The van der Waals surface area contributed by atoms with Gasteiger partial charge in [0.05, 0.1) is 18.0 Å². The van der Waals surface area contributed by atoms with Crippen LogP contribution in [0.1, 0.15) is 33.3 Å². The highest BCUT2D eigenvalue weighted by Crippen LogP contribution is 2.30. The van der Waals surface area contributed by atoms with Crippen molar-refractivity contribution in [3.05, 3.63) is 54.1 Å². The lowest BCUT2D eigenvalue weighted by molar-refractivity contribution is -0.115. The van der Waals surface area contributed by atoms with Crippen molar-refractivity contribution in [3.63, 3.8) is 0 Å². The number of hydrogen-bond donors (Lipinski definition) is 1. The minimum absolute atomic E-state index is 0.0820. The van der Waals surface area contributed by atoms with E-state index in [-0.39, 0.29) is 11.3 Å². The number of carbonyl (C=O) groups excluding carboxylic acids is 1. The molecule has 3 aromatic rings. The standard InChI is InChI=1S/C22H25N3O3S/c1-14(19(26)23-17-8-6-7-9-18(17)27-5)29-21-25-24-20(28-21)15-10-12-16(13-11-15)22(2,3)4/h6-14H,1-5H3,(H,23,26)/t14-/m0/s1. The number of anilines is 1. The summed E-state index contributed by atoms with van der Waals surface area (Å²) in [6.45, 7) is 8.29. The SMILES string of the molecule is COc1ccccc1NC(=O)[C@H](C)Sc1nnc(-c2ccc(C(C)(C)C)cc2)o1. The highest BCUT2D eigenvalue weighted by atomic mass is 32.2. The number of carbonyl (C=O) groups is 1. The van der Waals surface area contributed by atoms with Crippen molar-refractivity contribution in [2.75, 3.05) is 12.4 Å². The largest absolute Gasteiger partial charge is 0.495 e. The van der Waals surface area contributed by atoms with Crippen molar-refractivity contribution < 1.29 is 13.9 Å². The predicted molar refractivity (Wildman–Crippen MR) is 115 cm³/mol. The van der Waals surface area contributed by atoms with Gasteiger partial charge in [-0.3, -0.25) is 4.79 Å². The molecule has 6 nitrogen and oxygen atoms in total. The zero-order valence-electron chi connectivity index (χ0n) is 17.2. The van der Waals surface area contributed by atoms with Crippen LogP contribution in [0.15, 0.2) is 58.2 Å². The summed E-state index contributed by atoms with van der Waals surface area (Å²) in [5.74, 6) is 0.871. The lowest BCUT2D eigenvalue weighted by Crippen LogP contribution is -2.22. The Kier molecular flexibility index (Phi) is 6.27. The van der Waals surface area contributed by atoms with Gasteiger partial charge in [0.1, 0.15) is 5.75 Å². The molecule has 0 radical (unpaired) electrons. The zero-order chi connectivity index (χ0) is 21.0. The molecule has 0 saturated carbocycles. The van der Waals surface area contributed by atoms with E-state index in [1.807, 2.05) is 24.3 Å². The third kappa shape index (κ3) is 5.17. The molecule has 0 bridgehead atoms. The maximum atomic E-state index is 12.5. The van der Waals surface area contributed by atoms with Crippen LogP contribution in [0.2, 0.25) is 0 Å². The van der Waals surface area contributed by atoms with Gasteiger partial charge in [-0.2, -0.15) is 0 Å². The van der Waals surface area contributed by atoms with Crippen LogP contribution in [-0.4, -0.2) is 28.5 Å². The molecule has 0 aliphatic rings. The first-order valence-electron chi connectivity index (χ1n) is 9.33. The van der Waals surface area contributed by atoms with Crippen molar-refractivity contribution in [3.8, 4) is 17.2 Å².